The second kappa shape index (κ2) is 5.62. The molecule has 1 amide bonds. The average Bonchev–Trinajstić information content (AvgIpc) is 2.46. The highest BCUT2D eigenvalue weighted by molar-refractivity contribution is 5.95. The number of halogens is 1. The first-order valence-electron chi connectivity index (χ1n) is 5.95. The number of aromatic carboxylic acids is 1. The van der Waals surface area contributed by atoms with Gasteiger partial charge in [0, 0.05) is 11.1 Å². The van der Waals surface area contributed by atoms with E-state index in [1.54, 1.807) is 0 Å². The Bertz CT molecular complexity index is 728. The molecule has 0 radical (unpaired) electrons. The van der Waals surface area contributed by atoms with Crippen molar-refractivity contribution in [3.05, 3.63) is 53.3 Å². The largest absolute Gasteiger partial charge is 0.496 e. The van der Waals surface area contributed by atoms with Crippen molar-refractivity contribution >= 4 is 11.9 Å². The molecule has 0 aliphatic heterocycles. The van der Waals surface area contributed by atoms with Gasteiger partial charge in [-0.15, -0.1) is 0 Å². The maximum atomic E-state index is 13.9. The van der Waals surface area contributed by atoms with Crippen LogP contribution in [0.3, 0.4) is 0 Å². The Kier molecular flexibility index (Phi) is 3.89. The molecule has 21 heavy (non-hydrogen) atoms. The Labute approximate surface area is 119 Å². The summed E-state index contributed by atoms with van der Waals surface area (Å²) < 4.78 is 18.8. The summed E-state index contributed by atoms with van der Waals surface area (Å²) in [6.07, 6.45) is 0. The highest BCUT2D eigenvalue weighted by Crippen LogP contribution is 2.29. The van der Waals surface area contributed by atoms with Crippen LogP contribution in [-0.2, 0) is 0 Å². The lowest BCUT2D eigenvalue weighted by molar-refractivity contribution is 0.0693. The summed E-state index contributed by atoms with van der Waals surface area (Å²) in [5.74, 6) is -2.30. The van der Waals surface area contributed by atoms with Crippen LogP contribution in [0.5, 0.6) is 5.75 Å². The minimum absolute atomic E-state index is 0.0939. The molecule has 2 aromatic rings. The summed E-state index contributed by atoms with van der Waals surface area (Å²) in [6.45, 7) is 0. The number of hydrogen-bond donors (Lipinski definition) is 2. The van der Waals surface area contributed by atoms with Crippen LogP contribution in [0, 0.1) is 5.82 Å². The monoisotopic (exact) mass is 289 g/mol. The SMILES string of the molecule is COc1ccc(-c2cc(C(N)=O)ccc2F)cc1C(=O)O. The van der Waals surface area contributed by atoms with Gasteiger partial charge < -0.3 is 15.6 Å². The van der Waals surface area contributed by atoms with Crippen molar-refractivity contribution in [3.63, 3.8) is 0 Å². The molecule has 108 valence electrons. The lowest BCUT2D eigenvalue weighted by atomic mass is 9.99. The number of benzene rings is 2. The van der Waals surface area contributed by atoms with Crippen LogP contribution in [0.25, 0.3) is 11.1 Å². The molecule has 0 unspecified atom stereocenters. The van der Waals surface area contributed by atoms with E-state index in [1.807, 2.05) is 0 Å². The molecule has 0 aliphatic carbocycles. The summed E-state index contributed by atoms with van der Waals surface area (Å²) in [5.41, 5.74) is 5.61. The standard InChI is InChI=1S/C15H12FNO4/c1-21-13-5-3-8(6-11(13)15(19)20)10-7-9(14(17)18)2-4-12(10)16/h2-7H,1H3,(H2,17,18)(H,19,20). The molecule has 0 atom stereocenters. The Morgan fingerprint density at radius 2 is 1.90 bits per heavy atom. The number of primary amides is 1. The lowest BCUT2D eigenvalue weighted by Gasteiger charge is -2.09. The van der Waals surface area contributed by atoms with Gasteiger partial charge in [-0.2, -0.15) is 0 Å². The van der Waals surface area contributed by atoms with Gasteiger partial charge in [0.2, 0.25) is 5.91 Å². The van der Waals surface area contributed by atoms with E-state index >= 15 is 0 Å². The Hall–Kier alpha value is -2.89. The number of carbonyl (C=O) groups excluding carboxylic acids is 1. The summed E-state index contributed by atoms with van der Waals surface area (Å²) in [5, 5.41) is 9.13. The van der Waals surface area contributed by atoms with E-state index in [0.29, 0.717) is 5.56 Å². The van der Waals surface area contributed by atoms with E-state index in [1.165, 1.54) is 37.4 Å². The third kappa shape index (κ3) is 2.84. The maximum absolute atomic E-state index is 13.9. The van der Waals surface area contributed by atoms with E-state index in [2.05, 4.69) is 0 Å². The van der Waals surface area contributed by atoms with Gasteiger partial charge in [-0.1, -0.05) is 6.07 Å². The van der Waals surface area contributed by atoms with Crippen molar-refractivity contribution in [2.24, 2.45) is 5.73 Å². The molecule has 0 aliphatic rings. The number of nitrogens with two attached hydrogens (primary N) is 1. The van der Waals surface area contributed by atoms with E-state index in [0.717, 1.165) is 6.07 Å². The quantitative estimate of drug-likeness (QED) is 0.903. The molecule has 2 aromatic carbocycles. The van der Waals surface area contributed by atoms with Gasteiger partial charge in [-0.3, -0.25) is 4.79 Å². The molecule has 5 nitrogen and oxygen atoms in total. The lowest BCUT2D eigenvalue weighted by Crippen LogP contribution is -2.11. The summed E-state index contributed by atoms with van der Waals surface area (Å²) >= 11 is 0. The molecule has 0 saturated heterocycles. The second-order valence-electron chi connectivity index (χ2n) is 4.28. The van der Waals surface area contributed by atoms with E-state index in [4.69, 9.17) is 15.6 Å². The molecule has 0 heterocycles. The Morgan fingerprint density at radius 3 is 2.48 bits per heavy atom. The number of methoxy groups -OCH3 is 1. The highest BCUT2D eigenvalue weighted by atomic mass is 19.1. The van der Waals surface area contributed by atoms with Gasteiger partial charge >= 0.3 is 5.97 Å². The van der Waals surface area contributed by atoms with Crippen LogP contribution >= 0.6 is 0 Å². The number of carbonyl (C=O) groups is 2. The van der Waals surface area contributed by atoms with Crippen LogP contribution in [0.4, 0.5) is 4.39 Å². The summed E-state index contributed by atoms with van der Waals surface area (Å²) in [6, 6.07) is 7.88. The fourth-order valence-corrected chi connectivity index (χ4v) is 1.94. The van der Waals surface area contributed by atoms with Gasteiger partial charge in [0.1, 0.15) is 17.1 Å². The van der Waals surface area contributed by atoms with Crippen molar-refractivity contribution in [3.8, 4) is 16.9 Å². The molecule has 0 bridgehead atoms. The van der Waals surface area contributed by atoms with Crippen molar-refractivity contribution in [2.45, 2.75) is 0 Å². The highest BCUT2D eigenvalue weighted by Gasteiger charge is 2.15. The average molecular weight is 289 g/mol. The number of rotatable bonds is 4. The van der Waals surface area contributed by atoms with Crippen LogP contribution < -0.4 is 10.5 Å². The number of carboxylic acid groups (broad SMARTS) is 1. The maximum Gasteiger partial charge on any atom is 0.339 e. The van der Waals surface area contributed by atoms with Crippen molar-refractivity contribution in [1.29, 1.82) is 0 Å². The van der Waals surface area contributed by atoms with E-state index in [-0.39, 0.29) is 22.4 Å². The topological polar surface area (TPSA) is 89.6 Å². The minimum Gasteiger partial charge on any atom is -0.496 e. The zero-order valence-electron chi connectivity index (χ0n) is 11.1. The molecule has 0 aromatic heterocycles. The number of ether oxygens (including phenoxy) is 1. The first kappa shape index (κ1) is 14.5. The van der Waals surface area contributed by atoms with Crippen LogP contribution in [-0.4, -0.2) is 24.1 Å². The second-order valence-corrected chi connectivity index (χ2v) is 4.28. The van der Waals surface area contributed by atoms with Gasteiger partial charge in [0.05, 0.1) is 7.11 Å². The number of hydrogen-bond acceptors (Lipinski definition) is 3. The van der Waals surface area contributed by atoms with E-state index < -0.39 is 17.7 Å². The molecular formula is C15H12FNO4. The van der Waals surface area contributed by atoms with Crippen molar-refractivity contribution in [1.82, 2.24) is 0 Å². The number of amides is 1. The molecule has 3 N–H and O–H groups in total. The Balaban J connectivity index is 2.61. The zero-order chi connectivity index (χ0) is 15.6. The third-order valence-corrected chi connectivity index (χ3v) is 2.99. The smallest absolute Gasteiger partial charge is 0.339 e. The molecule has 2 rings (SSSR count). The predicted octanol–water partition coefficient (Wildman–Crippen LogP) is 2.30. The molecule has 0 fully saturated rings. The zero-order valence-corrected chi connectivity index (χ0v) is 11.1. The van der Waals surface area contributed by atoms with Gasteiger partial charge in [-0.05, 0) is 35.9 Å². The van der Waals surface area contributed by atoms with Gasteiger partial charge in [0.15, 0.2) is 0 Å². The van der Waals surface area contributed by atoms with Gasteiger partial charge in [0.25, 0.3) is 0 Å². The van der Waals surface area contributed by atoms with Crippen LogP contribution in [0.1, 0.15) is 20.7 Å². The predicted molar refractivity (Wildman–Crippen MR) is 73.9 cm³/mol. The van der Waals surface area contributed by atoms with Crippen LogP contribution in [0.2, 0.25) is 0 Å². The van der Waals surface area contributed by atoms with E-state index in [9.17, 15) is 14.0 Å². The fraction of sp³-hybridized carbons (Fsp3) is 0.0667. The summed E-state index contributed by atoms with van der Waals surface area (Å²) in [7, 11) is 1.34. The first-order valence-corrected chi connectivity index (χ1v) is 5.95. The van der Waals surface area contributed by atoms with Crippen LogP contribution in [0.15, 0.2) is 36.4 Å². The first-order chi connectivity index (χ1) is 9.93. The van der Waals surface area contributed by atoms with Gasteiger partial charge in [-0.25, -0.2) is 9.18 Å². The van der Waals surface area contributed by atoms with Crippen molar-refractivity contribution in [2.75, 3.05) is 7.11 Å². The van der Waals surface area contributed by atoms with Crippen molar-refractivity contribution < 1.29 is 23.8 Å². The summed E-state index contributed by atoms with van der Waals surface area (Å²) in [4.78, 5) is 22.3. The molecule has 0 saturated carbocycles. The fourth-order valence-electron chi connectivity index (χ4n) is 1.94. The molecular weight excluding hydrogens is 277 g/mol. The molecule has 6 heteroatoms. The Morgan fingerprint density at radius 1 is 1.19 bits per heavy atom. The third-order valence-electron chi connectivity index (χ3n) is 2.99. The molecule has 0 spiro atoms. The normalized spacial score (nSPS) is 10.2. The number of carboxylic acids is 1. The minimum atomic E-state index is -1.19.